The highest BCUT2D eigenvalue weighted by Gasteiger charge is 2.09. The zero-order valence-corrected chi connectivity index (χ0v) is 12.9. The molecule has 3 N–H and O–H groups in total. The summed E-state index contributed by atoms with van der Waals surface area (Å²) in [5, 5.41) is 3.20. The first kappa shape index (κ1) is 15.8. The van der Waals surface area contributed by atoms with Crippen molar-refractivity contribution in [2.45, 2.75) is 38.6 Å². The van der Waals surface area contributed by atoms with E-state index < -0.39 is 0 Å². The third-order valence-electron chi connectivity index (χ3n) is 3.93. The van der Waals surface area contributed by atoms with E-state index in [2.05, 4.69) is 27.3 Å². The van der Waals surface area contributed by atoms with Crippen molar-refractivity contribution in [3.05, 3.63) is 35.9 Å². The minimum atomic E-state index is 0.554. The maximum absolute atomic E-state index is 5.87. The molecule has 0 aromatic heterocycles. The molecule has 1 aromatic carbocycles. The Balaban J connectivity index is 1.49. The van der Waals surface area contributed by atoms with E-state index >= 15 is 0 Å². The van der Waals surface area contributed by atoms with Crippen molar-refractivity contribution in [3.63, 3.8) is 0 Å². The van der Waals surface area contributed by atoms with E-state index in [4.69, 9.17) is 5.73 Å². The Morgan fingerprint density at radius 1 is 1.10 bits per heavy atom. The maximum Gasteiger partial charge on any atom is 0.188 e. The Morgan fingerprint density at radius 3 is 2.62 bits per heavy atom. The highest BCUT2D eigenvalue weighted by molar-refractivity contribution is 5.77. The minimum Gasteiger partial charge on any atom is -0.370 e. The minimum absolute atomic E-state index is 0.554. The quantitative estimate of drug-likeness (QED) is 0.438. The Labute approximate surface area is 128 Å². The summed E-state index contributed by atoms with van der Waals surface area (Å²) < 4.78 is 0. The SMILES string of the molecule is NC(=NCc1ccccc1)NCCCCCN1CCCC1. The van der Waals surface area contributed by atoms with Gasteiger partial charge in [-0.25, -0.2) is 4.99 Å². The van der Waals surface area contributed by atoms with Gasteiger partial charge in [-0.15, -0.1) is 0 Å². The fraction of sp³-hybridized carbons (Fsp3) is 0.588. The second-order valence-corrected chi connectivity index (χ2v) is 5.72. The molecule has 2 rings (SSSR count). The van der Waals surface area contributed by atoms with E-state index in [0.717, 1.165) is 13.0 Å². The molecule has 1 fully saturated rings. The molecule has 21 heavy (non-hydrogen) atoms. The number of rotatable bonds is 8. The first-order valence-corrected chi connectivity index (χ1v) is 8.14. The smallest absolute Gasteiger partial charge is 0.188 e. The molecular weight excluding hydrogens is 260 g/mol. The van der Waals surface area contributed by atoms with Crippen LogP contribution >= 0.6 is 0 Å². The Hall–Kier alpha value is -1.55. The lowest BCUT2D eigenvalue weighted by atomic mass is 10.2. The second-order valence-electron chi connectivity index (χ2n) is 5.72. The van der Waals surface area contributed by atoms with Gasteiger partial charge in [0.25, 0.3) is 0 Å². The normalized spacial score (nSPS) is 16.3. The summed E-state index contributed by atoms with van der Waals surface area (Å²) in [7, 11) is 0. The summed E-state index contributed by atoms with van der Waals surface area (Å²) in [6.45, 7) is 5.44. The molecular formula is C17H28N4. The predicted octanol–water partition coefficient (Wildman–Crippen LogP) is 2.36. The van der Waals surface area contributed by atoms with E-state index in [-0.39, 0.29) is 0 Å². The zero-order valence-electron chi connectivity index (χ0n) is 12.9. The number of hydrogen-bond acceptors (Lipinski definition) is 2. The van der Waals surface area contributed by atoms with E-state index in [1.165, 1.54) is 50.9 Å². The van der Waals surface area contributed by atoms with Crippen molar-refractivity contribution < 1.29 is 0 Å². The van der Waals surface area contributed by atoms with Crippen LogP contribution in [0.1, 0.15) is 37.7 Å². The lowest BCUT2D eigenvalue weighted by Gasteiger charge is -2.13. The monoisotopic (exact) mass is 288 g/mol. The molecule has 0 atom stereocenters. The molecule has 0 unspecified atom stereocenters. The van der Waals surface area contributed by atoms with Gasteiger partial charge in [0.15, 0.2) is 5.96 Å². The first-order valence-electron chi connectivity index (χ1n) is 8.14. The number of hydrogen-bond donors (Lipinski definition) is 2. The number of aliphatic imine (C=N–C) groups is 1. The number of nitrogens with two attached hydrogens (primary N) is 1. The van der Waals surface area contributed by atoms with Crippen LogP contribution in [0.15, 0.2) is 35.3 Å². The lowest BCUT2D eigenvalue weighted by Crippen LogP contribution is -2.32. The van der Waals surface area contributed by atoms with Gasteiger partial charge < -0.3 is 16.0 Å². The average Bonchev–Trinajstić information content (AvgIpc) is 3.03. The molecule has 4 heteroatoms. The summed E-state index contributed by atoms with van der Waals surface area (Å²) in [6, 6.07) is 10.2. The number of unbranched alkanes of at least 4 members (excludes halogenated alkanes) is 2. The van der Waals surface area contributed by atoms with Crippen molar-refractivity contribution in [1.82, 2.24) is 10.2 Å². The summed E-state index contributed by atoms with van der Waals surface area (Å²) >= 11 is 0. The molecule has 0 spiro atoms. The van der Waals surface area contributed by atoms with Gasteiger partial charge in [0.2, 0.25) is 0 Å². The number of nitrogens with zero attached hydrogens (tertiary/aromatic N) is 2. The molecule has 1 heterocycles. The van der Waals surface area contributed by atoms with Crippen LogP contribution < -0.4 is 11.1 Å². The van der Waals surface area contributed by atoms with Crippen molar-refractivity contribution in [2.75, 3.05) is 26.2 Å². The summed E-state index contributed by atoms with van der Waals surface area (Å²) in [6.07, 6.45) is 6.49. The molecule has 4 nitrogen and oxygen atoms in total. The largest absolute Gasteiger partial charge is 0.370 e. The number of benzene rings is 1. The molecule has 0 bridgehead atoms. The van der Waals surface area contributed by atoms with Gasteiger partial charge in [-0.05, 0) is 50.9 Å². The molecule has 0 radical (unpaired) electrons. The first-order chi connectivity index (χ1) is 10.3. The topological polar surface area (TPSA) is 53.6 Å². The molecule has 116 valence electrons. The van der Waals surface area contributed by atoms with Gasteiger partial charge in [-0.3, -0.25) is 0 Å². The third-order valence-corrected chi connectivity index (χ3v) is 3.93. The van der Waals surface area contributed by atoms with Crippen LogP contribution in [0.4, 0.5) is 0 Å². The van der Waals surface area contributed by atoms with Crippen molar-refractivity contribution >= 4 is 5.96 Å². The summed E-state index contributed by atoms with van der Waals surface area (Å²) in [4.78, 5) is 6.92. The second kappa shape index (κ2) is 9.40. The van der Waals surface area contributed by atoms with Crippen LogP contribution in [-0.2, 0) is 6.54 Å². The molecule has 1 aliphatic heterocycles. The van der Waals surface area contributed by atoms with E-state index in [9.17, 15) is 0 Å². The van der Waals surface area contributed by atoms with Gasteiger partial charge in [0, 0.05) is 6.54 Å². The fourth-order valence-electron chi connectivity index (χ4n) is 2.68. The van der Waals surface area contributed by atoms with E-state index in [1.807, 2.05) is 18.2 Å². The average molecular weight is 288 g/mol. The number of likely N-dealkylation sites (tertiary alicyclic amines) is 1. The lowest BCUT2D eigenvalue weighted by molar-refractivity contribution is 0.328. The van der Waals surface area contributed by atoms with Crippen LogP contribution in [-0.4, -0.2) is 37.0 Å². The van der Waals surface area contributed by atoms with Gasteiger partial charge >= 0.3 is 0 Å². The highest BCUT2D eigenvalue weighted by Crippen LogP contribution is 2.08. The standard InChI is InChI=1S/C17H28N4/c18-17(20-15-16-9-3-1-4-10-16)19-11-5-2-6-12-21-13-7-8-14-21/h1,3-4,9-10H,2,5-8,11-15H2,(H3,18,19,20). The summed E-state index contributed by atoms with van der Waals surface area (Å²) in [5.74, 6) is 0.554. The van der Waals surface area contributed by atoms with Crippen LogP contribution in [0.5, 0.6) is 0 Å². The molecule has 1 aromatic rings. The molecule has 1 saturated heterocycles. The molecule has 0 amide bonds. The van der Waals surface area contributed by atoms with Crippen molar-refractivity contribution in [1.29, 1.82) is 0 Å². The highest BCUT2D eigenvalue weighted by atomic mass is 15.1. The van der Waals surface area contributed by atoms with Crippen LogP contribution in [0.3, 0.4) is 0 Å². The Morgan fingerprint density at radius 2 is 1.86 bits per heavy atom. The third kappa shape index (κ3) is 6.63. The van der Waals surface area contributed by atoms with E-state index in [0.29, 0.717) is 12.5 Å². The van der Waals surface area contributed by atoms with Crippen LogP contribution in [0.25, 0.3) is 0 Å². The van der Waals surface area contributed by atoms with Crippen LogP contribution in [0.2, 0.25) is 0 Å². The molecule has 1 aliphatic rings. The van der Waals surface area contributed by atoms with Gasteiger partial charge in [0.05, 0.1) is 6.54 Å². The fourth-order valence-corrected chi connectivity index (χ4v) is 2.68. The van der Waals surface area contributed by atoms with Gasteiger partial charge in [0.1, 0.15) is 0 Å². The molecule has 0 aliphatic carbocycles. The predicted molar refractivity (Wildman–Crippen MR) is 89.3 cm³/mol. The zero-order chi connectivity index (χ0) is 14.8. The maximum atomic E-state index is 5.87. The number of nitrogens with one attached hydrogen (secondary N) is 1. The Bertz CT molecular complexity index is 410. The number of guanidine groups is 1. The Kier molecular flexibility index (Phi) is 7.08. The van der Waals surface area contributed by atoms with Gasteiger partial charge in [-0.1, -0.05) is 36.8 Å². The van der Waals surface area contributed by atoms with Crippen molar-refractivity contribution in [3.8, 4) is 0 Å². The molecule has 0 saturated carbocycles. The van der Waals surface area contributed by atoms with Crippen LogP contribution in [0, 0.1) is 0 Å². The van der Waals surface area contributed by atoms with E-state index in [1.54, 1.807) is 0 Å². The summed E-state index contributed by atoms with van der Waals surface area (Å²) in [5.41, 5.74) is 7.05. The van der Waals surface area contributed by atoms with Crippen molar-refractivity contribution in [2.24, 2.45) is 10.7 Å². The van der Waals surface area contributed by atoms with Gasteiger partial charge in [-0.2, -0.15) is 0 Å².